The maximum Gasteiger partial charge on any atom is 0.0552 e. The van der Waals surface area contributed by atoms with Gasteiger partial charge in [-0.3, -0.25) is 0 Å². The molecule has 1 heterocycles. The van der Waals surface area contributed by atoms with Crippen LogP contribution in [-0.4, -0.2) is 33.4 Å². The number of hydrogen-bond acceptors (Lipinski definition) is 3. The van der Waals surface area contributed by atoms with Gasteiger partial charge >= 0.3 is 0 Å². The van der Waals surface area contributed by atoms with Gasteiger partial charge in [-0.05, 0) is 31.9 Å². The van der Waals surface area contributed by atoms with Crippen LogP contribution in [0, 0.1) is 19.3 Å². The van der Waals surface area contributed by atoms with Crippen molar-refractivity contribution < 1.29 is 4.74 Å². The maximum absolute atomic E-state index is 5.95. The Hall–Kier alpha value is -1.06. The molecule has 1 aliphatic heterocycles. The van der Waals surface area contributed by atoms with Crippen LogP contribution >= 0.6 is 0 Å². The summed E-state index contributed by atoms with van der Waals surface area (Å²) in [6, 6.07) is 6.59. The van der Waals surface area contributed by atoms with E-state index in [1.54, 1.807) is 0 Å². The SMILES string of the molecule is Cc1ccc(N(C)CC2(CN)CCOC2)c(C)c1. The van der Waals surface area contributed by atoms with E-state index >= 15 is 0 Å². The van der Waals surface area contributed by atoms with E-state index in [-0.39, 0.29) is 5.41 Å². The predicted molar refractivity (Wildman–Crippen MR) is 76.1 cm³/mol. The molecule has 1 atom stereocenters. The highest BCUT2D eigenvalue weighted by Crippen LogP contribution is 2.31. The van der Waals surface area contributed by atoms with Crippen LogP contribution in [-0.2, 0) is 4.74 Å². The number of rotatable bonds is 4. The lowest BCUT2D eigenvalue weighted by molar-refractivity contribution is 0.157. The monoisotopic (exact) mass is 248 g/mol. The van der Waals surface area contributed by atoms with E-state index in [9.17, 15) is 0 Å². The number of anilines is 1. The third-order valence-corrected chi connectivity index (χ3v) is 3.95. The average molecular weight is 248 g/mol. The van der Waals surface area contributed by atoms with Gasteiger partial charge in [0.2, 0.25) is 0 Å². The van der Waals surface area contributed by atoms with Gasteiger partial charge in [0, 0.05) is 37.8 Å². The van der Waals surface area contributed by atoms with Crippen molar-refractivity contribution in [2.75, 3.05) is 38.3 Å². The molecule has 0 aromatic heterocycles. The molecule has 3 heteroatoms. The van der Waals surface area contributed by atoms with Crippen LogP contribution < -0.4 is 10.6 Å². The lowest BCUT2D eigenvalue weighted by Gasteiger charge is -2.33. The van der Waals surface area contributed by atoms with Crippen LogP contribution in [0.5, 0.6) is 0 Å². The Morgan fingerprint density at radius 2 is 2.17 bits per heavy atom. The van der Waals surface area contributed by atoms with E-state index in [1.807, 2.05) is 0 Å². The van der Waals surface area contributed by atoms with Gasteiger partial charge in [0.15, 0.2) is 0 Å². The largest absolute Gasteiger partial charge is 0.381 e. The molecule has 0 radical (unpaired) electrons. The molecule has 1 aliphatic rings. The van der Waals surface area contributed by atoms with Crippen molar-refractivity contribution in [1.29, 1.82) is 0 Å². The molecule has 1 aromatic rings. The lowest BCUT2D eigenvalue weighted by Crippen LogP contribution is -2.42. The zero-order chi connectivity index (χ0) is 13.2. The number of benzene rings is 1. The van der Waals surface area contributed by atoms with Gasteiger partial charge < -0.3 is 15.4 Å². The minimum atomic E-state index is 0.131. The molecular weight excluding hydrogens is 224 g/mol. The summed E-state index contributed by atoms with van der Waals surface area (Å²) in [5.74, 6) is 0. The van der Waals surface area contributed by atoms with Gasteiger partial charge in [0.05, 0.1) is 6.61 Å². The highest BCUT2D eigenvalue weighted by Gasteiger charge is 2.34. The number of hydrogen-bond donors (Lipinski definition) is 1. The summed E-state index contributed by atoms with van der Waals surface area (Å²) in [6.45, 7) is 7.59. The summed E-state index contributed by atoms with van der Waals surface area (Å²) >= 11 is 0. The molecular formula is C15H24N2O. The topological polar surface area (TPSA) is 38.5 Å². The van der Waals surface area contributed by atoms with E-state index in [0.29, 0.717) is 6.54 Å². The zero-order valence-electron chi connectivity index (χ0n) is 11.7. The Morgan fingerprint density at radius 3 is 2.72 bits per heavy atom. The predicted octanol–water partition coefficient (Wildman–Crippen LogP) is 2.11. The third kappa shape index (κ3) is 2.68. The molecule has 3 nitrogen and oxygen atoms in total. The van der Waals surface area contributed by atoms with Gasteiger partial charge in [-0.1, -0.05) is 17.7 Å². The van der Waals surface area contributed by atoms with Crippen LogP contribution in [0.3, 0.4) is 0 Å². The lowest BCUT2D eigenvalue weighted by atomic mass is 9.86. The first-order chi connectivity index (χ1) is 8.56. The first-order valence-corrected chi connectivity index (χ1v) is 6.62. The number of nitrogens with zero attached hydrogens (tertiary/aromatic N) is 1. The molecule has 100 valence electrons. The van der Waals surface area contributed by atoms with Gasteiger partial charge in [-0.15, -0.1) is 0 Å². The molecule has 18 heavy (non-hydrogen) atoms. The molecule has 0 saturated carbocycles. The molecule has 1 aromatic carbocycles. The standard InChI is InChI=1S/C15H24N2O/c1-12-4-5-14(13(2)8-12)17(3)10-15(9-16)6-7-18-11-15/h4-5,8H,6-7,9-11,16H2,1-3H3. The summed E-state index contributed by atoms with van der Waals surface area (Å²) in [4.78, 5) is 2.32. The normalized spacial score (nSPS) is 23.3. The fraction of sp³-hybridized carbons (Fsp3) is 0.600. The van der Waals surface area contributed by atoms with E-state index in [2.05, 4.69) is 44.0 Å². The first-order valence-electron chi connectivity index (χ1n) is 6.62. The summed E-state index contributed by atoms with van der Waals surface area (Å²) in [5, 5.41) is 0. The highest BCUT2D eigenvalue weighted by atomic mass is 16.5. The number of aryl methyl sites for hydroxylation is 2. The molecule has 2 N–H and O–H groups in total. The second-order valence-corrected chi connectivity index (χ2v) is 5.65. The van der Waals surface area contributed by atoms with E-state index in [1.165, 1.54) is 16.8 Å². The van der Waals surface area contributed by atoms with Crippen molar-refractivity contribution in [3.8, 4) is 0 Å². The van der Waals surface area contributed by atoms with Gasteiger partial charge in [-0.25, -0.2) is 0 Å². The Bertz CT molecular complexity index is 411. The van der Waals surface area contributed by atoms with Crippen LogP contribution in [0.2, 0.25) is 0 Å². The zero-order valence-corrected chi connectivity index (χ0v) is 11.7. The Balaban J connectivity index is 2.13. The van der Waals surface area contributed by atoms with Gasteiger partial charge in [0.25, 0.3) is 0 Å². The van der Waals surface area contributed by atoms with E-state index < -0.39 is 0 Å². The second-order valence-electron chi connectivity index (χ2n) is 5.65. The fourth-order valence-corrected chi connectivity index (χ4v) is 2.82. The maximum atomic E-state index is 5.95. The van der Waals surface area contributed by atoms with Crippen molar-refractivity contribution >= 4 is 5.69 Å². The van der Waals surface area contributed by atoms with E-state index in [4.69, 9.17) is 10.5 Å². The smallest absolute Gasteiger partial charge is 0.0552 e. The molecule has 1 unspecified atom stereocenters. The number of ether oxygens (including phenoxy) is 1. The summed E-state index contributed by atoms with van der Waals surface area (Å²) in [5.41, 5.74) is 10.0. The highest BCUT2D eigenvalue weighted by molar-refractivity contribution is 5.54. The second kappa shape index (κ2) is 5.29. The van der Waals surface area contributed by atoms with Crippen molar-refractivity contribution in [1.82, 2.24) is 0 Å². The Kier molecular flexibility index (Phi) is 3.93. The van der Waals surface area contributed by atoms with Crippen LogP contribution in [0.1, 0.15) is 17.5 Å². The molecule has 0 bridgehead atoms. The molecule has 0 aliphatic carbocycles. The molecule has 0 spiro atoms. The summed E-state index contributed by atoms with van der Waals surface area (Å²) < 4.78 is 5.53. The Morgan fingerprint density at radius 1 is 1.39 bits per heavy atom. The average Bonchev–Trinajstić information content (AvgIpc) is 2.78. The van der Waals surface area contributed by atoms with Crippen molar-refractivity contribution in [3.63, 3.8) is 0 Å². The summed E-state index contributed by atoms with van der Waals surface area (Å²) in [7, 11) is 2.15. The van der Waals surface area contributed by atoms with Crippen molar-refractivity contribution in [2.24, 2.45) is 11.1 Å². The fourth-order valence-electron chi connectivity index (χ4n) is 2.82. The minimum absolute atomic E-state index is 0.131. The van der Waals surface area contributed by atoms with Crippen LogP contribution in [0.4, 0.5) is 5.69 Å². The van der Waals surface area contributed by atoms with E-state index in [0.717, 1.165) is 26.2 Å². The first kappa shape index (κ1) is 13.4. The van der Waals surface area contributed by atoms with Gasteiger partial charge in [-0.2, -0.15) is 0 Å². The molecule has 1 saturated heterocycles. The van der Waals surface area contributed by atoms with Gasteiger partial charge in [0.1, 0.15) is 0 Å². The van der Waals surface area contributed by atoms with Crippen molar-refractivity contribution in [2.45, 2.75) is 20.3 Å². The molecule has 1 fully saturated rings. The quantitative estimate of drug-likeness (QED) is 0.887. The minimum Gasteiger partial charge on any atom is -0.381 e. The van der Waals surface area contributed by atoms with Crippen LogP contribution in [0.15, 0.2) is 18.2 Å². The Labute approximate surface area is 110 Å². The van der Waals surface area contributed by atoms with Crippen molar-refractivity contribution in [3.05, 3.63) is 29.3 Å². The van der Waals surface area contributed by atoms with Crippen LogP contribution in [0.25, 0.3) is 0 Å². The third-order valence-electron chi connectivity index (χ3n) is 3.95. The molecule has 0 amide bonds. The number of nitrogens with two attached hydrogens (primary N) is 1. The molecule has 2 rings (SSSR count). The summed E-state index contributed by atoms with van der Waals surface area (Å²) in [6.07, 6.45) is 1.07.